The smallest absolute Gasteiger partial charge is 0.238 e. The molecule has 0 saturated heterocycles. The molecule has 0 radical (unpaired) electrons. The summed E-state index contributed by atoms with van der Waals surface area (Å²) < 4.78 is 0. The molecule has 0 atom stereocenters. The zero-order chi connectivity index (χ0) is 13.7. The number of aromatic amines is 1. The monoisotopic (exact) mass is 259 g/mol. The zero-order valence-electron chi connectivity index (χ0n) is 11.0. The van der Waals surface area contributed by atoms with Crippen LogP contribution in [0.25, 0.3) is 11.4 Å². The lowest BCUT2D eigenvalue weighted by atomic mass is 10.1. The van der Waals surface area contributed by atoms with Gasteiger partial charge in [-0.1, -0.05) is 19.1 Å². The molecule has 0 unspecified atom stereocenters. The number of H-pyrrole nitrogens is 1. The summed E-state index contributed by atoms with van der Waals surface area (Å²) in [6.07, 6.45) is 0. The fraction of sp³-hybridized carbons (Fsp3) is 0.308. The summed E-state index contributed by atoms with van der Waals surface area (Å²) in [6.45, 7) is 4.84. The minimum absolute atomic E-state index is 0.0819. The average Bonchev–Trinajstić information content (AvgIpc) is 2.83. The number of hydrogen-bond acceptors (Lipinski definition) is 4. The molecule has 1 amide bonds. The number of hydrogen-bond donors (Lipinski definition) is 3. The van der Waals surface area contributed by atoms with E-state index in [2.05, 4.69) is 25.8 Å². The minimum Gasteiger partial charge on any atom is -0.324 e. The van der Waals surface area contributed by atoms with E-state index in [1.165, 1.54) is 0 Å². The van der Waals surface area contributed by atoms with Crippen molar-refractivity contribution in [1.82, 2.24) is 20.5 Å². The van der Waals surface area contributed by atoms with E-state index in [0.717, 1.165) is 17.9 Å². The van der Waals surface area contributed by atoms with Crippen LogP contribution < -0.4 is 10.6 Å². The van der Waals surface area contributed by atoms with Crippen molar-refractivity contribution >= 4 is 11.6 Å². The summed E-state index contributed by atoms with van der Waals surface area (Å²) >= 11 is 0. The number of benzene rings is 1. The maximum atomic E-state index is 11.7. The third-order valence-corrected chi connectivity index (χ3v) is 2.57. The second-order valence-electron chi connectivity index (χ2n) is 4.12. The third-order valence-electron chi connectivity index (χ3n) is 2.57. The van der Waals surface area contributed by atoms with Crippen molar-refractivity contribution < 1.29 is 4.79 Å². The number of carbonyl (C=O) groups is 1. The standard InChI is InChI=1S/C13H17N5O/c1-3-14-8-12(19)16-11-7-5-4-6-10(11)13-15-9(2)17-18-13/h4-7,14H,3,8H2,1-2H3,(H,16,19)(H,15,17,18). The molecule has 2 rings (SSSR count). The fourth-order valence-electron chi connectivity index (χ4n) is 1.68. The Morgan fingerprint density at radius 2 is 2.16 bits per heavy atom. The molecule has 19 heavy (non-hydrogen) atoms. The van der Waals surface area contributed by atoms with Crippen LogP contribution in [-0.2, 0) is 4.79 Å². The molecule has 0 aliphatic heterocycles. The first-order valence-corrected chi connectivity index (χ1v) is 6.19. The van der Waals surface area contributed by atoms with E-state index in [9.17, 15) is 4.79 Å². The molecule has 0 spiro atoms. The maximum absolute atomic E-state index is 11.7. The van der Waals surface area contributed by atoms with Crippen molar-refractivity contribution in [3.8, 4) is 11.4 Å². The van der Waals surface area contributed by atoms with Gasteiger partial charge in [0.25, 0.3) is 0 Å². The molecule has 1 heterocycles. The summed E-state index contributed by atoms with van der Waals surface area (Å²) in [5.74, 6) is 1.24. The first-order valence-electron chi connectivity index (χ1n) is 6.19. The highest BCUT2D eigenvalue weighted by Gasteiger charge is 2.11. The summed E-state index contributed by atoms with van der Waals surface area (Å²) in [5, 5.41) is 12.7. The Kier molecular flexibility index (Phi) is 4.25. The van der Waals surface area contributed by atoms with Crippen molar-refractivity contribution in [2.24, 2.45) is 0 Å². The van der Waals surface area contributed by atoms with E-state index in [1.807, 2.05) is 38.1 Å². The van der Waals surface area contributed by atoms with Gasteiger partial charge in [-0.2, -0.15) is 5.10 Å². The summed E-state index contributed by atoms with van der Waals surface area (Å²) in [5.41, 5.74) is 1.51. The van der Waals surface area contributed by atoms with Crippen molar-refractivity contribution in [1.29, 1.82) is 0 Å². The topological polar surface area (TPSA) is 82.7 Å². The fourth-order valence-corrected chi connectivity index (χ4v) is 1.68. The average molecular weight is 259 g/mol. The van der Waals surface area contributed by atoms with Gasteiger partial charge in [0.15, 0.2) is 5.82 Å². The number of para-hydroxylation sites is 1. The number of likely N-dealkylation sites (N-methyl/N-ethyl adjacent to an activating group) is 1. The molecule has 100 valence electrons. The number of anilines is 1. The van der Waals surface area contributed by atoms with E-state index >= 15 is 0 Å². The van der Waals surface area contributed by atoms with E-state index in [4.69, 9.17) is 0 Å². The summed E-state index contributed by atoms with van der Waals surface area (Å²) in [7, 11) is 0. The van der Waals surface area contributed by atoms with Gasteiger partial charge < -0.3 is 10.6 Å². The van der Waals surface area contributed by atoms with Crippen LogP contribution in [0.3, 0.4) is 0 Å². The number of aryl methyl sites for hydroxylation is 1. The van der Waals surface area contributed by atoms with E-state index in [1.54, 1.807) is 0 Å². The van der Waals surface area contributed by atoms with Crippen molar-refractivity contribution in [3.63, 3.8) is 0 Å². The molecule has 1 aromatic heterocycles. The number of nitrogens with zero attached hydrogens (tertiary/aromatic N) is 2. The van der Waals surface area contributed by atoms with E-state index < -0.39 is 0 Å². The maximum Gasteiger partial charge on any atom is 0.238 e. The lowest BCUT2D eigenvalue weighted by Gasteiger charge is -2.08. The van der Waals surface area contributed by atoms with Gasteiger partial charge in [0.1, 0.15) is 5.82 Å². The highest BCUT2D eigenvalue weighted by Crippen LogP contribution is 2.24. The van der Waals surface area contributed by atoms with Crippen LogP contribution >= 0.6 is 0 Å². The van der Waals surface area contributed by atoms with Crippen molar-refractivity contribution in [2.45, 2.75) is 13.8 Å². The minimum atomic E-state index is -0.0819. The molecule has 0 saturated carbocycles. The van der Waals surface area contributed by atoms with Gasteiger partial charge in [-0.15, -0.1) is 0 Å². The molecule has 0 aliphatic carbocycles. The first-order chi connectivity index (χ1) is 9.20. The predicted octanol–water partition coefficient (Wildman–Crippen LogP) is 1.33. The predicted molar refractivity (Wildman–Crippen MR) is 73.7 cm³/mol. The van der Waals surface area contributed by atoms with E-state index in [-0.39, 0.29) is 12.5 Å². The molecule has 1 aromatic carbocycles. The van der Waals surface area contributed by atoms with Gasteiger partial charge >= 0.3 is 0 Å². The van der Waals surface area contributed by atoms with E-state index in [0.29, 0.717) is 11.5 Å². The van der Waals surface area contributed by atoms with Crippen LogP contribution in [0.15, 0.2) is 24.3 Å². The van der Waals surface area contributed by atoms with Crippen LogP contribution in [0.4, 0.5) is 5.69 Å². The molecular weight excluding hydrogens is 242 g/mol. The third kappa shape index (κ3) is 3.38. The van der Waals surface area contributed by atoms with Gasteiger partial charge in [0.2, 0.25) is 5.91 Å². The van der Waals surface area contributed by atoms with Gasteiger partial charge in [-0.05, 0) is 25.6 Å². The Hall–Kier alpha value is -2.21. The molecular formula is C13H17N5O. The van der Waals surface area contributed by atoms with Gasteiger partial charge in [-0.25, -0.2) is 4.98 Å². The SMILES string of the molecule is CCNCC(=O)Nc1ccccc1-c1n[nH]c(C)n1. The Bertz CT molecular complexity index is 564. The Morgan fingerprint density at radius 1 is 1.37 bits per heavy atom. The van der Waals surface area contributed by atoms with Crippen LogP contribution in [0.2, 0.25) is 0 Å². The van der Waals surface area contributed by atoms with Crippen LogP contribution in [-0.4, -0.2) is 34.2 Å². The molecule has 0 fully saturated rings. The molecule has 0 bridgehead atoms. The van der Waals surface area contributed by atoms with Crippen LogP contribution in [0, 0.1) is 6.92 Å². The lowest BCUT2D eigenvalue weighted by molar-refractivity contribution is -0.115. The van der Waals surface area contributed by atoms with Gasteiger partial charge in [0, 0.05) is 5.56 Å². The highest BCUT2D eigenvalue weighted by atomic mass is 16.1. The van der Waals surface area contributed by atoms with Gasteiger partial charge in [0.05, 0.1) is 12.2 Å². The lowest BCUT2D eigenvalue weighted by Crippen LogP contribution is -2.27. The second kappa shape index (κ2) is 6.10. The van der Waals surface area contributed by atoms with Crippen molar-refractivity contribution in [2.75, 3.05) is 18.4 Å². The summed E-state index contributed by atoms with van der Waals surface area (Å²) in [6, 6.07) is 7.48. The number of nitrogens with one attached hydrogen (secondary N) is 3. The number of amides is 1. The molecule has 6 nitrogen and oxygen atoms in total. The largest absolute Gasteiger partial charge is 0.324 e. The summed E-state index contributed by atoms with van der Waals surface area (Å²) in [4.78, 5) is 16.0. The zero-order valence-corrected chi connectivity index (χ0v) is 11.0. The number of carbonyl (C=O) groups excluding carboxylic acids is 1. The van der Waals surface area contributed by atoms with Gasteiger partial charge in [-0.3, -0.25) is 9.89 Å². The molecule has 3 N–H and O–H groups in total. The quantitative estimate of drug-likeness (QED) is 0.756. The van der Waals surface area contributed by atoms with Crippen molar-refractivity contribution in [3.05, 3.63) is 30.1 Å². The Morgan fingerprint density at radius 3 is 2.84 bits per heavy atom. The number of rotatable bonds is 5. The first kappa shape index (κ1) is 13.2. The molecule has 0 aliphatic rings. The highest BCUT2D eigenvalue weighted by molar-refractivity contribution is 5.95. The number of aromatic nitrogens is 3. The van der Waals surface area contributed by atoms with Crippen LogP contribution in [0.5, 0.6) is 0 Å². The Balaban J connectivity index is 2.19. The van der Waals surface area contributed by atoms with Crippen LogP contribution in [0.1, 0.15) is 12.7 Å². The molecule has 6 heteroatoms. The Labute approximate surface area is 111 Å². The molecule has 2 aromatic rings. The second-order valence-corrected chi connectivity index (χ2v) is 4.12. The normalized spacial score (nSPS) is 10.4.